The van der Waals surface area contributed by atoms with Crippen molar-refractivity contribution in [2.24, 2.45) is 0 Å². The van der Waals surface area contributed by atoms with Gasteiger partial charge >= 0.3 is 6.18 Å². The van der Waals surface area contributed by atoms with E-state index in [2.05, 4.69) is 15.5 Å². The molecule has 96 valence electrons. The van der Waals surface area contributed by atoms with Crippen LogP contribution < -0.4 is 5.32 Å². The van der Waals surface area contributed by atoms with Gasteiger partial charge in [-0.05, 0) is 25.2 Å². The summed E-state index contributed by atoms with van der Waals surface area (Å²) in [5, 5.41) is 6.46. The van der Waals surface area contributed by atoms with E-state index in [9.17, 15) is 13.2 Å². The lowest BCUT2D eigenvalue weighted by molar-refractivity contribution is -0.137. The van der Waals surface area contributed by atoms with Gasteiger partial charge in [0.1, 0.15) is 0 Å². The predicted molar refractivity (Wildman–Crippen MR) is 57.5 cm³/mol. The van der Waals surface area contributed by atoms with E-state index in [1.54, 1.807) is 7.05 Å². The standard InChI is InChI=1S/C11H10F3N3O/c1-15-6-9-16-10(18-17-9)7-3-2-4-8(5-7)11(12,13)14/h2-5,15H,6H2,1H3. The van der Waals surface area contributed by atoms with Crippen molar-refractivity contribution >= 4 is 0 Å². The Morgan fingerprint density at radius 3 is 2.78 bits per heavy atom. The minimum absolute atomic E-state index is 0.0753. The molecule has 0 aliphatic heterocycles. The molecule has 0 radical (unpaired) electrons. The van der Waals surface area contributed by atoms with Crippen molar-refractivity contribution in [2.75, 3.05) is 7.05 Å². The van der Waals surface area contributed by atoms with E-state index in [-0.39, 0.29) is 11.5 Å². The minimum Gasteiger partial charge on any atom is -0.334 e. The molecule has 2 aromatic rings. The Morgan fingerprint density at radius 2 is 2.11 bits per heavy atom. The van der Waals surface area contributed by atoms with Crippen LogP contribution in [0.25, 0.3) is 11.5 Å². The summed E-state index contributed by atoms with van der Waals surface area (Å²) in [6, 6.07) is 4.77. The van der Waals surface area contributed by atoms with E-state index in [1.165, 1.54) is 12.1 Å². The van der Waals surface area contributed by atoms with Crippen molar-refractivity contribution in [3.05, 3.63) is 35.7 Å². The van der Waals surface area contributed by atoms with Crippen molar-refractivity contribution in [1.82, 2.24) is 15.5 Å². The molecule has 0 saturated carbocycles. The quantitative estimate of drug-likeness (QED) is 0.917. The van der Waals surface area contributed by atoms with Crippen LogP contribution in [0.1, 0.15) is 11.4 Å². The molecule has 0 atom stereocenters. The van der Waals surface area contributed by atoms with Gasteiger partial charge in [-0.25, -0.2) is 0 Å². The third-order valence-corrected chi connectivity index (χ3v) is 2.24. The van der Waals surface area contributed by atoms with E-state index in [0.717, 1.165) is 12.1 Å². The van der Waals surface area contributed by atoms with E-state index in [4.69, 9.17) is 4.52 Å². The highest BCUT2D eigenvalue weighted by Gasteiger charge is 2.30. The van der Waals surface area contributed by atoms with E-state index < -0.39 is 11.7 Å². The normalized spacial score (nSPS) is 11.8. The molecule has 0 saturated heterocycles. The first-order chi connectivity index (χ1) is 8.50. The van der Waals surface area contributed by atoms with Crippen molar-refractivity contribution in [1.29, 1.82) is 0 Å². The van der Waals surface area contributed by atoms with Crippen molar-refractivity contribution in [3.63, 3.8) is 0 Å². The number of halogens is 3. The van der Waals surface area contributed by atoms with Gasteiger partial charge in [-0.2, -0.15) is 18.2 Å². The fourth-order valence-electron chi connectivity index (χ4n) is 1.43. The highest BCUT2D eigenvalue weighted by molar-refractivity contribution is 5.54. The maximum absolute atomic E-state index is 12.5. The molecule has 2 rings (SSSR count). The van der Waals surface area contributed by atoms with Crippen LogP contribution in [0.2, 0.25) is 0 Å². The van der Waals surface area contributed by atoms with Crippen molar-refractivity contribution in [3.8, 4) is 11.5 Å². The first kappa shape index (κ1) is 12.6. The summed E-state index contributed by atoms with van der Waals surface area (Å²) in [6.07, 6.45) is -4.39. The zero-order valence-electron chi connectivity index (χ0n) is 9.45. The SMILES string of the molecule is CNCc1noc(-c2cccc(C(F)(F)F)c2)n1. The van der Waals surface area contributed by atoms with Gasteiger partial charge in [0.25, 0.3) is 5.89 Å². The second-order valence-corrected chi connectivity index (χ2v) is 3.62. The minimum atomic E-state index is -4.39. The average Bonchev–Trinajstić information content (AvgIpc) is 2.77. The molecule has 0 aliphatic carbocycles. The zero-order valence-corrected chi connectivity index (χ0v) is 9.45. The molecule has 1 N–H and O–H groups in total. The zero-order chi connectivity index (χ0) is 13.2. The molecule has 0 fully saturated rings. The summed E-state index contributed by atoms with van der Waals surface area (Å²) in [5.74, 6) is 0.469. The number of rotatable bonds is 3. The van der Waals surface area contributed by atoms with E-state index in [1.807, 2.05) is 0 Å². The lowest BCUT2D eigenvalue weighted by atomic mass is 10.1. The van der Waals surface area contributed by atoms with Gasteiger partial charge in [0.05, 0.1) is 12.1 Å². The molecule has 4 nitrogen and oxygen atoms in total. The third kappa shape index (κ3) is 2.67. The van der Waals surface area contributed by atoms with Crippen LogP contribution in [0, 0.1) is 0 Å². The molecule has 0 unspecified atom stereocenters. The summed E-state index contributed by atoms with van der Waals surface area (Å²) in [5.41, 5.74) is -0.493. The van der Waals surface area contributed by atoms with Crippen LogP contribution in [0.15, 0.2) is 28.8 Å². The van der Waals surface area contributed by atoms with Crippen molar-refractivity contribution in [2.45, 2.75) is 12.7 Å². The summed E-state index contributed by atoms with van der Waals surface area (Å²) in [4.78, 5) is 3.99. The summed E-state index contributed by atoms with van der Waals surface area (Å²) in [6.45, 7) is 0.391. The molecule has 0 spiro atoms. The van der Waals surface area contributed by atoms with Crippen LogP contribution in [0.5, 0.6) is 0 Å². The first-order valence-electron chi connectivity index (χ1n) is 5.15. The van der Waals surface area contributed by atoms with Crippen LogP contribution in [0.3, 0.4) is 0 Å². The summed E-state index contributed by atoms with van der Waals surface area (Å²) in [7, 11) is 1.71. The predicted octanol–water partition coefficient (Wildman–Crippen LogP) is 2.47. The molecular weight excluding hydrogens is 247 g/mol. The number of aromatic nitrogens is 2. The van der Waals surface area contributed by atoms with Crippen LogP contribution in [-0.2, 0) is 12.7 Å². The molecular formula is C11H10F3N3O. The Kier molecular flexibility index (Phi) is 3.33. The van der Waals surface area contributed by atoms with Gasteiger partial charge in [0.15, 0.2) is 5.82 Å². The summed E-state index contributed by atoms with van der Waals surface area (Å²) < 4.78 is 42.5. The Labute approximate surface area is 101 Å². The molecule has 18 heavy (non-hydrogen) atoms. The molecule has 1 aromatic heterocycles. The van der Waals surface area contributed by atoms with Crippen LogP contribution >= 0.6 is 0 Å². The maximum Gasteiger partial charge on any atom is 0.416 e. The summed E-state index contributed by atoms with van der Waals surface area (Å²) >= 11 is 0. The second kappa shape index (κ2) is 4.77. The Hall–Kier alpha value is -1.89. The molecule has 0 amide bonds. The molecule has 1 aromatic carbocycles. The Bertz CT molecular complexity index is 536. The lowest BCUT2D eigenvalue weighted by Crippen LogP contribution is -2.06. The van der Waals surface area contributed by atoms with Gasteiger partial charge in [-0.3, -0.25) is 0 Å². The second-order valence-electron chi connectivity index (χ2n) is 3.62. The van der Waals surface area contributed by atoms with Crippen molar-refractivity contribution < 1.29 is 17.7 Å². The first-order valence-corrected chi connectivity index (χ1v) is 5.15. The number of hydrogen-bond acceptors (Lipinski definition) is 4. The number of alkyl halides is 3. The number of hydrogen-bond donors (Lipinski definition) is 1. The number of nitrogens with one attached hydrogen (secondary N) is 1. The monoisotopic (exact) mass is 257 g/mol. The van der Waals surface area contributed by atoms with Crippen LogP contribution in [-0.4, -0.2) is 17.2 Å². The lowest BCUT2D eigenvalue weighted by Gasteiger charge is -2.06. The van der Waals surface area contributed by atoms with E-state index in [0.29, 0.717) is 12.4 Å². The Balaban J connectivity index is 2.32. The molecule has 7 heteroatoms. The van der Waals surface area contributed by atoms with Gasteiger partial charge in [0.2, 0.25) is 0 Å². The van der Waals surface area contributed by atoms with Crippen LogP contribution in [0.4, 0.5) is 13.2 Å². The fourth-order valence-corrected chi connectivity index (χ4v) is 1.43. The van der Waals surface area contributed by atoms with Gasteiger partial charge in [-0.15, -0.1) is 0 Å². The fraction of sp³-hybridized carbons (Fsp3) is 0.273. The Morgan fingerprint density at radius 1 is 1.33 bits per heavy atom. The number of nitrogens with zero attached hydrogens (tertiary/aromatic N) is 2. The van der Waals surface area contributed by atoms with Gasteiger partial charge < -0.3 is 9.84 Å². The molecule has 0 bridgehead atoms. The smallest absolute Gasteiger partial charge is 0.334 e. The third-order valence-electron chi connectivity index (χ3n) is 2.24. The van der Waals surface area contributed by atoms with Gasteiger partial charge in [-0.1, -0.05) is 11.2 Å². The largest absolute Gasteiger partial charge is 0.416 e. The van der Waals surface area contributed by atoms with Gasteiger partial charge in [0, 0.05) is 5.56 Å². The van der Waals surface area contributed by atoms with E-state index >= 15 is 0 Å². The average molecular weight is 257 g/mol. The molecule has 0 aliphatic rings. The highest BCUT2D eigenvalue weighted by atomic mass is 19.4. The molecule has 1 heterocycles. The number of benzene rings is 1. The topological polar surface area (TPSA) is 51.0 Å². The maximum atomic E-state index is 12.5. The highest BCUT2D eigenvalue weighted by Crippen LogP contribution is 2.31.